The van der Waals surface area contributed by atoms with Crippen LogP contribution in [0.1, 0.15) is 11.4 Å². The lowest BCUT2D eigenvalue weighted by Gasteiger charge is -1.99. The van der Waals surface area contributed by atoms with E-state index in [9.17, 15) is 0 Å². The number of hydrogen-bond acceptors (Lipinski definition) is 2. The normalized spacial score (nSPS) is 11.1. The highest BCUT2D eigenvalue weighted by Gasteiger charge is 1.97. The molecule has 1 heterocycles. The zero-order valence-electron chi connectivity index (χ0n) is 8.95. The highest BCUT2D eigenvalue weighted by atomic mass is 16.3. The van der Waals surface area contributed by atoms with Crippen molar-refractivity contribution in [3.63, 3.8) is 0 Å². The minimum atomic E-state index is 0.121. The first-order valence-corrected chi connectivity index (χ1v) is 5.26. The minimum absolute atomic E-state index is 0.121. The molecule has 2 aromatic rings. The highest BCUT2D eigenvalue weighted by molar-refractivity contribution is 5.60. The van der Waals surface area contributed by atoms with Crippen LogP contribution in [0, 0.1) is 0 Å². The molecule has 16 heavy (non-hydrogen) atoms. The summed E-state index contributed by atoms with van der Waals surface area (Å²) in [6.45, 7) is 0.121. The average molecular weight is 214 g/mol. The lowest BCUT2D eigenvalue weighted by Crippen LogP contribution is -1.99. The number of hydrogen-bond donors (Lipinski definition) is 1. The molecule has 0 saturated carbocycles. The van der Waals surface area contributed by atoms with Gasteiger partial charge >= 0.3 is 0 Å². The monoisotopic (exact) mass is 214 g/mol. The van der Waals surface area contributed by atoms with Crippen molar-refractivity contribution in [1.29, 1.82) is 0 Å². The summed E-state index contributed by atoms with van der Waals surface area (Å²) in [4.78, 5) is 4.17. The summed E-state index contributed by atoms with van der Waals surface area (Å²) < 4.78 is 1.92. The van der Waals surface area contributed by atoms with E-state index in [2.05, 4.69) is 4.98 Å². The van der Waals surface area contributed by atoms with E-state index in [-0.39, 0.29) is 6.61 Å². The van der Waals surface area contributed by atoms with Crippen LogP contribution < -0.4 is 0 Å². The molecule has 82 valence electrons. The van der Waals surface area contributed by atoms with E-state index in [0.29, 0.717) is 6.42 Å². The molecule has 0 bridgehead atoms. The summed E-state index contributed by atoms with van der Waals surface area (Å²) in [6, 6.07) is 10.1. The van der Waals surface area contributed by atoms with Gasteiger partial charge in [0.15, 0.2) is 0 Å². The zero-order valence-corrected chi connectivity index (χ0v) is 8.95. The van der Waals surface area contributed by atoms with Crippen molar-refractivity contribution < 1.29 is 5.11 Å². The van der Waals surface area contributed by atoms with Crippen LogP contribution in [0.5, 0.6) is 0 Å². The topological polar surface area (TPSA) is 38.1 Å². The Bertz CT molecular complexity index is 460. The van der Waals surface area contributed by atoms with E-state index in [1.807, 2.05) is 53.4 Å². The molecule has 0 aliphatic heterocycles. The van der Waals surface area contributed by atoms with Crippen LogP contribution in [0.15, 0.2) is 42.7 Å². The van der Waals surface area contributed by atoms with Crippen molar-refractivity contribution in [1.82, 2.24) is 9.55 Å². The Labute approximate surface area is 94.7 Å². The SMILES string of the molecule is OCCc1nccn1C=Cc1ccccc1. The first-order valence-electron chi connectivity index (χ1n) is 5.26. The number of aliphatic hydroxyl groups excluding tert-OH is 1. The van der Waals surface area contributed by atoms with Crippen LogP contribution in [0.3, 0.4) is 0 Å². The van der Waals surface area contributed by atoms with Crippen molar-refractivity contribution in [3.05, 3.63) is 54.1 Å². The van der Waals surface area contributed by atoms with Gasteiger partial charge in [-0.3, -0.25) is 0 Å². The van der Waals surface area contributed by atoms with Crippen LogP contribution in [0.2, 0.25) is 0 Å². The fourth-order valence-corrected chi connectivity index (χ4v) is 1.50. The molecule has 2 rings (SSSR count). The van der Waals surface area contributed by atoms with Crippen LogP contribution >= 0.6 is 0 Å². The van der Waals surface area contributed by atoms with Gasteiger partial charge in [0.25, 0.3) is 0 Å². The Hall–Kier alpha value is -1.87. The molecule has 0 aliphatic carbocycles. The van der Waals surface area contributed by atoms with E-state index in [4.69, 9.17) is 5.11 Å². The molecule has 1 N–H and O–H groups in total. The van der Waals surface area contributed by atoms with E-state index < -0.39 is 0 Å². The molecular formula is C13H14N2O. The van der Waals surface area contributed by atoms with Crippen LogP contribution in [0.25, 0.3) is 12.3 Å². The van der Waals surface area contributed by atoms with Gasteiger partial charge in [-0.15, -0.1) is 0 Å². The van der Waals surface area contributed by atoms with E-state index in [1.54, 1.807) is 6.20 Å². The molecule has 1 aromatic carbocycles. The summed E-state index contributed by atoms with van der Waals surface area (Å²) in [5.41, 5.74) is 1.14. The predicted octanol–water partition coefficient (Wildman–Crippen LogP) is 2.05. The molecule has 0 fully saturated rings. The van der Waals surface area contributed by atoms with Gasteiger partial charge in [0, 0.05) is 25.0 Å². The maximum atomic E-state index is 8.87. The van der Waals surface area contributed by atoms with E-state index in [0.717, 1.165) is 11.4 Å². The van der Waals surface area contributed by atoms with Gasteiger partial charge in [0.05, 0.1) is 6.61 Å². The molecule has 0 unspecified atom stereocenters. The quantitative estimate of drug-likeness (QED) is 0.845. The first-order chi connectivity index (χ1) is 7.90. The van der Waals surface area contributed by atoms with E-state index in [1.165, 1.54) is 0 Å². The highest BCUT2D eigenvalue weighted by Crippen LogP contribution is 2.05. The van der Waals surface area contributed by atoms with Gasteiger partial charge in [-0.1, -0.05) is 30.3 Å². The number of imidazole rings is 1. The van der Waals surface area contributed by atoms with Crippen molar-refractivity contribution in [2.24, 2.45) is 0 Å². The molecule has 0 amide bonds. The summed E-state index contributed by atoms with van der Waals surface area (Å²) >= 11 is 0. The Balaban J connectivity index is 2.14. The lowest BCUT2D eigenvalue weighted by atomic mass is 10.2. The first kappa shape index (κ1) is 10.6. The number of aliphatic hydroxyl groups is 1. The van der Waals surface area contributed by atoms with Crippen molar-refractivity contribution in [2.75, 3.05) is 6.61 Å². The van der Waals surface area contributed by atoms with Crippen LogP contribution in [-0.4, -0.2) is 21.3 Å². The number of nitrogens with zero attached hydrogens (tertiary/aromatic N) is 2. The second-order valence-electron chi connectivity index (χ2n) is 3.45. The number of rotatable bonds is 4. The molecule has 0 saturated heterocycles. The summed E-state index contributed by atoms with van der Waals surface area (Å²) in [7, 11) is 0. The van der Waals surface area contributed by atoms with Gasteiger partial charge in [-0.2, -0.15) is 0 Å². The van der Waals surface area contributed by atoms with Crippen LogP contribution in [0.4, 0.5) is 0 Å². The third-order valence-corrected chi connectivity index (χ3v) is 2.31. The Morgan fingerprint density at radius 1 is 1.25 bits per heavy atom. The van der Waals surface area contributed by atoms with Gasteiger partial charge < -0.3 is 9.67 Å². The fraction of sp³-hybridized carbons (Fsp3) is 0.154. The lowest BCUT2D eigenvalue weighted by molar-refractivity contribution is 0.296. The predicted molar refractivity (Wildman–Crippen MR) is 64.7 cm³/mol. The Morgan fingerprint density at radius 3 is 2.81 bits per heavy atom. The Kier molecular flexibility index (Phi) is 3.51. The van der Waals surface area contributed by atoms with E-state index >= 15 is 0 Å². The molecule has 0 spiro atoms. The average Bonchev–Trinajstić information content (AvgIpc) is 2.76. The third-order valence-electron chi connectivity index (χ3n) is 2.31. The van der Waals surface area contributed by atoms with Gasteiger partial charge in [-0.25, -0.2) is 4.98 Å². The number of aromatic nitrogens is 2. The zero-order chi connectivity index (χ0) is 11.2. The smallest absolute Gasteiger partial charge is 0.114 e. The second kappa shape index (κ2) is 5.28. The molecule has 3 nitrogen and oxygen atoms in total. The second-order valence-corrected chi connectivity index (χ2v) is 3.45. The maximum Gasteiger partial charge on any atom is 0.114 e. The van der Waals surface area contributed by atoms with Gasteiger partial charge in [0.1, 0.15) is 5.82 Å². The number of benzene rings is 1. The summed E-state index contributed by atoms with van der Waals surface area (Å²) in [5.74, 6) is 0.870. The molecule has 3 heteroatoms. The minimum Gasteiger partial charge on any atom is -0.396 e. The molecule has 0 atom stereocenters. The molecular weight excluding hydrogens is 200 g/mol. The molecule has 0 radical (unpaired) electrons. The largest absolute Gasteiger partial charge is 0.396 e. The van der Waals surface area contributed by atoms with Gasteiger partial charge in [-0.05, 0) is 11.6 Å². The third kappa shape index (κ3) is 2.58. The fourth-order valence-electron chi connectivity index (χ4n) is 1.50. The van der Waals surface area contributed by atoms with Crippen molar-refractivity contribution >= 4 is 12.3 Å². The Morgan fingerprint density at radius 2 is 2.06 bits per heavy atom. The van der Waals surface area contributed by atoms with Crippen LogP contribution in [-0.2, 0) is 6.42 Å². The summed E-state index contributed by atoms with van der Waals surface area (Å²) in [6.07, 6.45) is 8.16. The summed E-state index contributed by atoms with van der Waals surface area (Å²) in [5, 5.41) is 8.87. The van der Waals surface area contributed by atoms with Crippen molar-refractivity contribution in [2.45, 2.75) is 6.42 Å². The van der Waals surface area contributed by atoms with Gasteiger partial charge in [0.2, 0.25) is 0 Å². The van der Waals surface area contributed by atoms with Crippen molar-refractivity contribution in [3.8, 4) is 0 Å². The molecule has 1 aromatic heterocycles. The standard InChI is InChI=1S/C13H14N2O/c16-11-7-13-14-8-10-15(13)9-6-12-4-2-1-3-5-12/h1-6,8-10,16H,7,11H2. The maximum absolute atomic E-state index is 8.87. The molecule has 0 aliphatic rings.